The zero-order valence-electron chi connectivity index (χ0n) is 18.9. The van der Waals surface area contributed by atoms with Crippen LogP contribution in [-0.4, -0.2) is 56.5 Å². The fraction of sp³-hybridized carbons (Fsp3) is 0.333. The second-order valence-corrected chi connectivity index (χ2v) is 9.32. The van der Waals surface area contributed by atoms with Gasteiger partial charge in [-0.05, 0) is 38.0 Å². The van der Waals surface area contributed by atoms with Crippen LogP contribution in [0.3, 0.4) is 0 Å². The van der Waals surface area contributed by atoms with Gasteiger partial charge in [-0.2, -0.15) is 0 Å². The summed E-state index contributed by atoms with van der Waals surface area (Å²) in [5, 5.41) is 12.3. The summed E-state index contributed by atoms with van der Waals surface area (Å²) in [6.07, 6.45) is 0.815. The number of para-hydroxylation sites is 1. The highest BCUT2D eigenvalue weighted by Crippen LogP contribution is 2.31. The molecule has 0 radical (unpaired) electrons. The highest BCUT2D eigenvalue weighted by molar-refractivity contribution is 7.99. The zero-order valence-corrected chi connectivity index (χ0v) is 19.8. The van der Waals surface area contributed by atoms with Crippen LogP contribution in [-0.2, 0) is 17.8 Å². The first-order chi connectivity index (χ1) is 15.9. The number of hydrogen-bond donors (Lipinski definition) is 1. The van der Waals surface area contributed by atoms with Crippen molar-refractivity contribution in [3.63, 3.8) is 0 Å². The van der Waals surface area contributed by atoms with E-state index in [-0.39, 0.29) is 11.9 Å². The van der Waals surface area contributed by atoms with E-state index in [1.165, 1.54) is 22.2 Å². The van der Waals surface area contributed by atoms with Gasteiger partial charge < -0.3 is 14.6 Å². The predicted molar refractivity (Wildman–Crippen MR) is 127 cm³/mol. The van der Waals surface area contributed by atoms with Crippen molar-refractivity contribution < 1.29 is 14.3 Å². The van der Waals surface area contributed by atoms with Crippen LogP contribution in [0.5, 0.6) is 5.75 Å². The minimum Gasteiger partial charge on any atom is -0.496 e. The molecule has 0 bridgehead atoms. The van der Waals surface area contributed by atoms with E-state index in [1.807, 2.05) is 42.5 Å². The number of rotatable bonds is 9. The highest BCUT2D eigenvalue weighted by atomic mass is 32.2. The molecule has 1 aliphatic rings. The molecular formula is C24H27N5O3S. The number of urea groups is 1. The average molecular weight is 466 g/mol. The van der Waals surface area contributed by atoms with Crippen molar-refractivity contribution in [1.82, 2.24) is 25.0 Å². The van der Waals surface area contributed by atoms with Crippen LogP contribution in [0.15, 0.2) is 59.8 Å². The van der Waals surface area contributed by atoms with Crippen LogP contribution in [0.1, 0.15) is 19.4 Å². The van der Waals surface area contributed by atoms with E-state index in [0.29, 0.717) is 18.8 Å². The lowest BCUT2D eigenvalue weighted by atomic mass is 10.1. The molecule has 1 aliphatic heterocycles. The van der Waals surface area contributed by atoms with Gasteiger partial charge in [-0.3, -0.25) is 9.69 Å². The zero-order chi connectivity index (χ0) is 23.4. The first-order valence-corrected chi connectivity index (χ1v) is 11.8. The maximum atomic E-state index is 12.5. The molecule has 0 saturated carbocycles. The van der Waals surface area contributed by atoms with Crippen LogP contribution in [0.25, 0.3) is 11.4 Å². The Kier molecular flexibility index (Phi) is 6.69. The molecule has 1 N–H and O–H groups in total. The summed E-state index contributed by atoms with van der Waals surface area (Å²) < 4.78 is 7.62. The summed E-state index contributed by atoms with van der Waals surface area (Å²) in [4.78, 5) is 25.9. The van der Waals surface area contributed by atoms with Gasteiger partial charge in [-0.1, -0.05) is 54.2 Å². The highest BCUT2D eigenvalue weighted by Gasteiger charge is 2.43. The Bertz CT molecular complexity index is 1150. The van der Waals surface area contributed by atoms with Gasteiger partial charge >= 0.3 is 6.03 Å². The van der Waals surface area contributed by atoms with E-state index in [4.69, 9.17) is 4.74 Å². The Morgan fingerprint density at radius 1 is 1.00 bits per heavy atom. The van der Waals surface area contributed by atoms with Gasteiger partial charge in [-0.15, -0.1) is 10.2 Å². The number of ether oxygens (including phenoxy) is 1. The third kappa shape index (κ3) is 4.88. The van der Waals surface area contributed by atoms with Crippen molar-refractivity contribution in [3.8, 4) is 17.1 Å². The van der Waals surface area contributed by atoms with Crippen LogP contribution < -0.4 is 10.1 Å². The molecule has 0 unspecified atom stereocenters. The van der Waals surface area contributed by atoms with E-state index in [9.17, 15) is 9.59 Å². The van der Waals surface area contributed by atoms with Crippen molar-refractivity contribution in [2.75, 3.05) is 19.4 Å². The van der Waals surface area contributed by atoms with Gasteiger partial charge in [0.15, 0.2) is 11.0 Å². The molecular weight excluding hydrogens is 438 g/mol. The smallest absolute Gasteiger partial charge is 0.325 e. The van der Waals surface area contributed by atoms with Gasteiger partial charge in [-0.25, -0.2) is 4.79 Å². The third-order valence-electron chi connectivity index (χ3n) is 5.52. The number of methoxy groups -OCH3 is 1. The fourth-order valence-corrected chi connectivity index (χ4v) is 4.65. The minimum absolute atomic E-state index is 0.214. The van der Waals surface area contributed by atoms with Crippen molar-refractivity contribution in [1.29, 1.82) is 0 Å². The first kappa shape index (κ1) is 22.8. The van der Waals surface area contributed by atoms with Crippen LogP contribution in [0, 0.1) is 0 Å². The summed E-state index contributed by atoms with van der Waals surface area (Å²) >= 11 is 1.48. The lowest BCUT2D eigenvalue weighted by molar-refractivity contribution is -0.130. The molecule has 1 saturated heterocycles. The Hall–Kier alpha value is -3.33. The van der Waals surface area contributed by atoms with E-state index < -0.39 is 5.54 Å². The summed E-state index contributed by atoms with van der Waals surface area (Å²) in [5.41, 5.74) is 1.21. The Morgan fingerprint density at radius 3 is 2.42 bits per heavy atom. The number of hydrogen-bond acceptors (Lipinski definition) is 6. The average Bonchev–Trinajstić information content (AvgIpc) is 3.30. The van der Waals surface area contributed by atoms with E-state index >= 15 is 0 Å². The van der Waals surface area contributed by atoms with Gasteiger partial charge in [0.1, 0.15) is 11.3 Å². The minimum atomic E-state index is -0.867. The molecule has 4 rings (SSSR count). The lowest BCUT2D eigenvalue weighted by Gasteiger charge is -2.16. The molecule has 1 fully saturated rings. The Morgan fingerprint density at radius 2 is 1.73 bits per heavy atom. The van der Waals surface area contributed by atoms with Crippen LogP contribution in [0.4, 0.5) is 4.79 Å². The van der Waals surface area contributed by atoms with Gasteiger partial charge in [0.05, 0.1) is 12.7 Å². The van der Waals surface area contributed by atoms with Gasteiger partial charge in [0.25, 0.3) is 5.91 Å². The molecule has 0 aliphatic carbocycles. The molecule has 1 aromatic heterocycles. The summed E-state index contributed by atoms with van der Waals surface area (Å²) in [5.74, 6) is 1.75. The Labute approximate surface area is 197 Å². The molecule has 172 valence electrons. The maximum absolute atomic E-state index is 12.5. The standard InChI is InChI=1S/C24H27N5O3S/c1-24(2)21(30)29(22(31)25-24)15-16-33-23-27-26-20(18-11-7-8-12-19(18)32-3)28(23)14-13-17-9-5-4-6-10-17/h4-12H,13-16H2,1-3H3,(H,25,31). The second-order valence-electron chi connectivity index (χ2n) is 8.25. The van der Waals surface area contributed by atoms with E-state index in [0.717, 1.165) is 28.7 Å². The van der Waals surface area contributed by atoms with E-state index in [1.54, 1.807) is 21.0 Å². The normalized spacial score (nSPS) is 15.1. The first-order valence-electron chi connectivity index (χ1n) is 10.8. The van der Waals surface area contributed by atoms with Crippen LogP contribution in [0.2, 0.25) is 0 Å². The van der Waals surface area contributed by atoms with Gasteiger partial charge in [0.2, 0.25) is 0 Å². The van der Waals surface area contributed by atoms with E-state index in [2.05, 4.69) is 32.2 Å². The number of benzene rings is 2. The molecule has 0 atom stereocenters. The molecule has 0 spiro atoms. The number of aryl methyl sites for hydroxylation is 1. The summed E-state index contributed by atoms with van der Waals surface area (Å²) in [7, 11) is 1.64. The number of nitrogens with zero attached hydrogens (tertiary/aromatic N) is 4. The fourth-order valence-electron chi connectivity index (χ4n) is 3.76. The van der Waals surface area contributed by atoms with Gasteiger partial charge in [0, 0.05) is 18.8 Å². The third-order valence-corrected chi connectivity index (χ3v) is 6.47. The molecule has 2 aromatic carbocycles. The molecule has 3 amide bonds. The molecule has 8 nitrogen and oxygen atoms in total. The SMILES string of the molecule is COc1ccccc1-c1nnc(SCCN2C(=O)NC(C)(C)C2=O)n1CCc1ccccc1. The maximum Gasteiger partial charge on any atom is 0.325 e. The number of aromatic nitrogens is 3. The summed E-state index contributed by atoms with van der Waals surface area (Å²) in [6.45, 7) is 4.40. The summed E-state index contributed by atoms with van der Waals surface area (Å²) in [6, 6.07) is 17.6. The number of imide groups is 1. The predicted octanol–water partition coefficient (Wildman–Crippen LogP) is 3.62. The van der Waals surface area contributed by atoms with Crippen LogP contribution >= 0.6 is 11.8 Å². The monoisotopic (exact) mass is 465 g/mol. The Balaban J connectivity index is 1.55. The number of thioether (sulfide) groups is 1. The van der Waals surface area contributed by atoms with Crippen molar-refractivity contribution in [2.45, 2.75) is 37.5 Å². The number of nitrogens with one attached hydrogen (secondary N) is 1. The van der Waals surface area contributed by atoms with Crippen molar-refractivity contribution >= 4 is 23.7 Å². The number of carbonyl (C=O) groups excluding carboxylic acids is 2. The largest absolute Gasteiger partial charge is 0.496 e. The molecule has 9 heteroatoms. The number of amides is 3. The quantitative estimate of drug-likeness (QED) is 0.384. The lowest BCUT2D eigenvalue weighted by Crippen LogP contribution is -2.40. The molecule has 3 aromatic rings. The molecule has 33 heavy (non-hydrogen) atoms. The molecule has 2 heterocycles. The van der Waals surface area contributed by atoms with Crippen molar-refractivity contribution in [3.05, 3.63) is 60.2 Å². The number of carbonyl (C=O) groups is 2. The second kappa shape index (κ2) is 9.66. The topological polar surface area (TPSA) is 89.4 Å². The van der Waals surface area contributed by atoms with Crippen molar-refractivity contribution in [2.24, 2.45) is 0 Å².